The van der Waals surface area contributed by atoms with Gasteiger partial charge in [-0.25, -0.2) is 4.98 Å². The fraction of sp³-hybridized carbons (Fsp3) is 0.417. The van der Waals surface area contributed by atoms with Gasteiger partial charge in [0, 0.05) is 51.7 Å². The smallest absolute Gasteiger partial charge is 0.271 e. The standard InChI is InChI=1S/C24H30ClN5O2/c1-2-18-6-5-7-21(23(18)25)29-14-12-28(13-15-29)16-19(31)9-10-26-24(32)20-17-30-11-4-3-8-22(30)27-20/h3-8,11,17,19,31H,2,9-10,12-16H2,1H3,(H,26,32). The zero-order valence-corrected chi connectivity index (χ0v) is 19.1. The first-order valence-electron chi connectivity index (χ1n) is 11.2. The Hall–Kier alpha value is -2.61. The van der Waals surface area contributed by atoms with E-state index in [2.05, 4.69) is 45.2 Å². The minimum Gasteiger partial charge on any atom is -0.392 e. The molecule has 0 radical (unpaired) electrons. The van der Waals surface area contributed by atoms with Crippen molar-refractivity contribution in [3.05, 3.63) is 65.1 Å². The maximum absolute atomic E-state index is 12.3. The molecule has 3 aromatic rings. The summed E-state index contributed by atoms with van der Waals surface area (Å²) in [6.07, 6.45) is 4.51. The third kappa shape index (κ3) is 5.23. The van der Waals surface area contributed by atoms with E-state index in [4.69, 9.17) is 11.6 Å². The van der Waals surface area contributed by atoms with Gasteiger partial charge in [0.15, 0.2) is 0 Å². The molecule has 1 atom stereocenters. The zero-order chi connectivity index (χ0) is 22.5. The highest BCUT2D eigenvalue weighted by Gasteiger charge is 2.21. The number of nitrogens with zero attached hydrogens (tertiary/aromatic N) is 4. The second-order valence-corrected chi connectivity index (χ2v) is 8.56. The molecule has 0 aliphatic carbocycles. The normalized spacial score (nSPS) is 15.8. The number of aliphatic hydroxyl groups excluding tert-OH is 1. The van der Waals surface area contributed by atoms with Crippen LogP contribution in [0.5, 0.6) is 0 Å². The molecule has 2 aromatic heterocycles. The molecule has 1 aliphatic rings. The minimum absolute atomic E-state index is 0.222. The lowest BCUT2D eigenvalue weighted by atomic mass is 10.1. The van der Waals surface area contributed by atoms with Crippen LogP contribution in [0.2, 0.25) is 5.02 Å². The first kappa shape index (κ1) is 22.6. The van der Waals surface area contributed by atoms with E-state index in [9.17, 15) is 9.90 Å². The first-order valence-corrected chi connectivity index (χ1v) is 11.6. The molecule has 0 spiro atoms. The van der Waals surface area contributed by atoms with Gasteiger partial charge in [0.1, 0.15) is 11.3 Å². The van der Waals surface area contributed by atoms with Crippen LogP contribution in [-0.2, 0) is 6.42 Å². The molecule has 1 aromatic carbocycles. The molecule has 1 aliphatic heterocycles. The van der Waals surface area contributed by atoms with Gasteiger partial charge in [-0.2, -0.15) is 0 Å². The van der Waals surface area contributed by atoms with Crippen molar-refractivity contribution in [3.63, 3.8) is 0 Å². The Kier molecular flexibility index (Phi) is 7.29. The number of carbonyl (C=O) groups is 1. The highest BCUT2D eigenvalue weighted by Crippen LogP contribution is 2.30. The lowest BCUT2D eigenvalue weighted by Crippen LogP contribution is -2.49. The van der Waals surface area contributed by atoms with E-state index >= 15 is 0 Å². The number of imidazole rings is 1. The molecule has 0 bridgehead atoms. The van der Waals surface area contributed by atoms with Crippen LogP contribution < -0.4 is 10.2 Å². The van der Waals surface area contributed by atoms with Crippen LogP contribution in [0.25, 0.3) is 5.65 Å². The number of aryl methyl sites for hydroxylation is 1. The molecule has 3 heterocycles. The zero-order valence-electron chi connectivity index (χ0n) is 18.4. The summed E-state index contributed by atoms with van der Waals surface area (Å²) in [5, 5.41) is 14.2. The van der Waals surface area contributed by atoms with Crippen molar-refractivity contribution in [2.24, 2.45) is 0 Å². The third-order valence-corrected chi connectivity index (χ3v) is 6.42. The number of aromatic nitrogens is 2. The van der Waals surface area contributed by atoms with Crippen LogP contribution in [0.15, 0.2) is 48.8 Å². The molecule has 2 N–H and O–H groups in total. The number of β-amino-alcohol motifs (C(OH)–C–C–N with tert-alkyl or cyclic N) is 1. The number of benzene rings is 1. The van der Waals surface area contributed by atoms with Gasteiger partial charge in [-0.3, -0.25) is 9.69 Å². The van der Waals surface area contributed by atoms with Gasteiger partial charge in [0.25, 0.3) is 5.91 Å². The number of rotatable bonds is 8. The van der Waals surface area contributed by atoms with E-state index in [1.54, 1.807) is 6.20 Å². The highest BCUT2D eigenvalue weighted by atomic mass is 35.5. The lowest BCUT2D eigenvalue weighted by molar-refractivity contribution is 0.0899. The van der Waals surface area contributed by atoms with Gasteiger partial charge in [-0.05, 0) is 36.6 Å². The third-order valence-electron chi connectivity index (χ3n) is 5.98. The summed E-state index contributed by atoms with van der Waals surface area (Å²) in [4.78, 5) is 21.2. The molecule has 170 valence electrons. The number of pyridine rings is 1. The largest absolute Gasteiger partial charge is 0.392 e. The predicted octanol–water partition coefficient (Wildman–Crippen LogP) is 2.85. The number of carbonyl (C=O) groups excluding carboxylic acids is 1. The highest BCUT2D eigenvalue weighted by molar-refractivity contribution is 6.34. The van der Waals surface area contributed by atoms with E-state index in [-0.39, 0.29) is 5.91 Å². The molecular weight excluding hydrogens is 426 g/mol. The van der Waals surface area contributed by atoms with Crippen LogP contribution in [-0.4, -0.2) is 70.7 Å². The van der Waals surface area contributed by atoms with E-state index in [1.807, 2.05) is 28.8 Å². The number of piperazine rings is 1. The van der Waals surface area contributed by atoms with Gasteiger partial charge < -0.3 is 19.7 Å². The van der Waals surface area contributed by atoms with E-state index < -0.39 is 6.10 Å². The van der Waals surface area contributed by atoms with Gasteiger partial charge in [0.05, 0.1) is 16.8 Å². The maximum atomic E-state index is 12.3. The number of hydrogen-bond donors (Lipinski definition) is 2. The van der Waals surface area contributed by atoms with Crippen molar-refractivity contribution in [1.82, 2.24) is 19.6 Å². The summed E-state index contributed by atoms with van der Waals surface area (Å²) in [6.45, 7) is 6.63. The SMILES string of the molecule is CCc1cccc(N2CCN(CC(O)CCNC(=O)c3cn4ccccc4n3)CC2)c1Cl. The number of amides is 1. The van der Waals surface area contributed by atoms with Crippen LogP contribution >= 0.6 is 11.6 Å². The summed E-state index contributed by atoms with van der Waals surface area (Å²) in [5.41, 5.74) is 3.39. The molecule has 1 fully saturated rings. The first-order chi connectivity index (χ1) is 15.5. The van der Waals surface area contributed by atoms with Gasteiger partial charge in [-0.15, -0.1) is 0 Å². The van der Waals surface area contributed by atoms with E-state index in [0.717, 1.165) is 49.0 Å². The average Bonchev–Trinajstić information content (AvgIpc) is 3.24. The number of aliphatic hydroxyl groups is 1. The van der Waals surface area contributed by atoms with Gasteiger partial charge in [0.2, 0.25) is 0 Å². The molecule has 0 saturated carbocycles. The maximum Gasteiger partial charge on any atom is 0.271 e. The second kappa shape index (κ2) is 10.3. The number of fused-ring (bicyclic) bond motifs is 1. The van der Waals surface area contributed by atoms with Crippen LogP contribution in [0.1, 0.15) is 29.4 Å². The molecule has 8 heteroatoms. The van der Waals surface area contributed by atoms with Crippen LogP contribution in [0.3, 0.4) is 0 Å². The van der Waals surface area contributed by atoms with Crippen molar-refractivity contribution in [2.45, 2.75) is 25.9 Å². The fourth-order valence-electron chi connectivity index (χ4n) is 4.13. The summed E-state index contributed by atoms with van der Waals surface area (Å²) >= 11 is 6.58. The minimum atomic E-state index is -0.491. The number of hydrogen-bond acceptors (Lipinski definition) is 5. The van der Waals surface area contributed by atoms with Crippen molar-refractivity contribution < 1.29 is 9.90 Å². The predicted molar refractivity (Wildman–Crippen MR) is 128 cm³/mol. The Morgan fingerprint density at radius 2 is 2.00 bits per heavy atom. The second-order valence-electron chi connectivity index (χ2n) is 8.18. The number of halogens is 1. The quantitative estimate of drug-likeness (QED) is 0.546. The van der Waals surface area contributed by atoms with Crippen molar-refractivity contribution in [1.29, 1.82) is 0 Å². The van der Waals surface area contributed by atoms with Crippen LogP contribution in [0.4, 0.5) is 5.69 Å². The van der Waals surface area contributed by atoms with Crippen LogP contribution in [0, 0.1) is 0 Å². The van der Waals surface area contributed by atoms with Crippen molar-refractivity contribution in [2.75, 3.05) is 44.2 Å². The Labute approximate surface area is 193 Å². The molecule has 1 saturated heterocycles. The topological polar surface area (TPSA) is 73.1 Å². The molecule has 1 unspecified atom stereocenters. The Balaban J connectivity index is 1.20. The molecule has 7 nitrogen and oxygen atoms in total. The van der Waals surface area contributed by atoms with E-state index in [1.165, 1.54) is 5.56 Å². The molecule has 32 heavy (non-hydrogen) atoms. The molecule has 4 rings (SSSR count). The summed E-state index contributed by atoms with van der Waals surface area (Å²) in [6, 6.07) is 11.9. The number of nitrogens with one attached hydrogen (secondary N) is 1. The van der Waals surface area contributed by atoms with Crippen molar-refractivity contribution >= 4 is 28.8 Å². The lowest BCUT2D eigenvalue weighted by Gasteiger charge is -2.37. The summed E-state index contributed by atoms with van der Waals surface area (Å²) < 4.78 is 1.81. The molecule has 1 amide bonds. The number of anilines is 1. The van der Waals surface area contributed by atoms with Crippen molar-refractivity contribution in [3.8, 4) is 0 Å². The average molecular weight is 456 g/mol. The summed E-state index contributed by atoms with van der Waals surface area (Å²) in [7, 11) is 0. The van der Waals surface area contributed by atoms with Gasteiger partial charge in [-0.1, -0.05) is 36.7 Å². The Bertz CT molecular complexity index is 1030. The van der Waals surface area contributed by atoms with Gasteiger partial charge >= 0.3 is 0 Å². The summed E-state index contributed by atoms with van der Waals surface area (Å²) in [5.74, 6) is -0.222. The fourth-order valence-corrected chi connectivity index (χ4v) is 4.51. The molecular formula is C24H30ClN5O2. The van der Waals surface area contributed by atoms with E-state index in [0.29, 0.717) is 25.2 Å². The Morgan fingerprint density at radius 1 is 1.19 bits per heavy atom. The Morgan fingerprint density at radius 3 is 2.75 bits per heavy atom. The monoisotopic (exact) mass is 455 g/mol.